The van der Waals surface area contributed by atoms with Crippen LogP contribution in [0.25, 0.3) is 16.9 Å². The standard InChI is InChI=1S/C17H16Cl2FN5/c1-10-4-6-24(7-5-10)16-14(12-3-2-11(20)8-13(12)18)15(19)23-17-21-9-22-25(16)17/h2-3,8-10H,4-7H2,1H3. The number of hydrogen-bond donors (Lipinski definition) is 0. The Labute approximate surface area is 154 Å². The van der Waals surface area contributed by atoms with Crippen LogP contribution in [-0.4, -0.2) is 32.7 Å². The Morgan fingerprint density at radius 1 is 1.20 bits per heavy atom. The molecule has 1 fully saturated rings. The third kappa shape index (κ3) is 2.93. The van der Waals surface area contributed by atoms with Crippen LogP contribution in [0.3, 0.4) is 0 Å². The first kappa shape index (κ1) is 16.5. The van der Waals surface area contributed by atoms with Gasteiger partial charge in [0.05, 0.1) is 10.6 Å². The average Bonchev–Trinajstić information content (AvgIpc) is 3.03. The zero-order valence-corrected chi connectivity index (χ0v) is 15.1. The molecule has 3 heterocycles. The van der Waals surface area contributed by atoms with Crippen LogP contribution in [-0.2, 0) is 0 Å². The lowest BCUT2D eigenvalue weighted by Gasteiger charge is -2.33. The van der Waals surface area contributed by atoms with E-state index in [1.54, 1.807) is 10.6 Å². The highest BCUT2D eigenvalue weighted by atomic mass is 35.5. The van der Waals surface area contributed by atoms with Gasteiger partial charge in [0.1, 0.15) is 23.1 Å². The van der Waals surface area contributed by atoms with Crippen molar-refractivity contribution in [3.05, 3.63) is 40.5 Å². The molecule has 2 aromatic heterocycles. The van der Waals surface area contributed by atoms with Crippen LogP contribution in [0.4, 0.5) is 10.2 Å². The number of aromatic nitrogens is 4. The van der Waals surface area contributed by atoms with Gasteiger partial charge in [-0.05, 0) is 37.0 Å². The highest BCUT2D eigenvalue weighted by Crippen LogP contribution is 2.40. The van der Waals surface area contributed by atoms with E-state index in [-0.39, 0.29) is 10.2 Å². The van der Waals surface area contributed by atoms with Crippen LogP contribution >= 0.6 is 23.2 Å². The summed E-state index contributed by atoms with van der Waals surface area (Å²) in [4.78, 5) is 10.7. The summed E-state index contributed by atoms with van der Waals surface area (Å²) >= 11 is 12.8. The van der Waals surface area contributed by atoms with Gasteiger partial charge in [-0.2, -0.15) is 19.6 Å². The fraction of sp³-hybridized carbons (Fsp3) is 0.353. The quantitative estimate of drug-likeness (QED) is 0.616. The average molecular weight is 380 g/mol. The molecular weight excluding hydrogens is 364 g/mol. The number of nitrogens with zero attached hydrogens (tertiary/aromatic N) is 5. The molecule has 8 heteroatoms. The fourth-order valence-electron chi connectivity index (χ4n) is 3.24. The van der Waals surface area contributed by atoms with Crippen LogP contribution < -0.4 is 4.90 Å². The molecule has 0 unspecified atom stereocenters. The van der Waals surface area contributed by atoms with Gasteiger partial charge >= 0.3 is 0 Å². The highest BCUT2D eigenvalue weighted by Gasteiger charge is 2.26. The lowest BCUT2D eigenvalue weighted by molar-refractivity contribution is 0.435. The molecule has 0 atom stereocenters. The molecule has 0 amide bonds. The Morgan fingerprint density at radius 3 is 2.68 bits per heavy atom. The number of rotatable bonds is 2. The molecular formula is C17H16Cl2FN5. The molecule has 25 heavy (non-hydrogen) atoms. The number of hydrogen-bond acceptors (Lipinski definition) is 4. The fourth-order valence-corrected chi connectivity index (χ4v) is 3.76. The smallest absolute Gasteiger partial charge is 0.255 e. The summed E-state index contributed by atoms with van der Waals surface area (Å²) in [5.41, 5.74) is 1.28. The second-order valence-electron chi connectivity index (χ2n) is 6.37. The van der Waals surface area contributed by atoms with Crippen molar-refractivity contribution in [3.8, 4) is 11.1 Å². The molecule has 3 aromatic rings. The maximum atomic E-state index is 13.5. The van der Waals surface area contributed by atoms with Crippen LogP contribution in [0.15, 0.2) is 24.5 Å². The van der Waals surface area contributed by atoms with Crippen LogP contribution in [0.2, 0.25) is 10.2 Å². The molecule has 1 aromatic carbocycles. The first-order valence-electron chi connectivity index (χ1n) is 8.14. The minimum absolute atomic E-state index is 0.280. The minimum Gasteiger partial charge on any atom is -0.356 e. The Morgan fingerprint density at radius 2 is 1.96 bits per heavy atom. The number of benzene rings is 1. The molecule has 0 bridgehead atoms. The minimum atomic E-state index is -0.395. The highest BCUT2D eigenvalue weighted by molar-refractivity contribution is 6.36. The van der Waals surface area contributed by atoms with E-state index in [1.165, 1.54) is 18.5 Å². The molecule has 1 saturated heterocycles. The second kappa shape index (κ2) is 6.42. The van der Waals surface area contributed by atoms with Crippen molar-refractivity contribution in [2.24, 2.45) is 5.92 Å². The normalized spacial score (nSPS) is 15.9. The van der Waals surface area contributed by atoms with Gasteiger partial charge in [0, 0.05) is 18.7 Å². The predicted octanol–water partition coefficient (Wildman–Crippen LogP) is 4.47. The monoisotopic (exact) mass is 379 g/mol. The molecule has 0 saturated carbocycles. The van der Waals surface area contributed by atoms with E-state index in [2.05, 4.69) is 26.9 Å². The van der Waals surface area contributed by atoms with Crippen molar-refractivity contribution in [2.45, 2.75) is 19.8 Å². The van der Waals surface area contributed by atoms with E-state index in [1.807, 2.05) is 0 Å². The maximum absolute atomic E-state index is 13.5. The molecule has 0 aliphatic carbocycles. The second-order valence-corrected chi connectivity index (χ2v) is 7.13. The first-order chi connectivity index (χ1) is 12.0. The summed E-state index contributed by atoms with van der Waals surface area (Å²) < 4.78 is 15.2. The number of anilines is 1. The predicted molar refractivity (Wildman–Crippen MR) is 96.8 cm³/mol. The zero-order valence-electron chi connectivity index (χ0n) is 13.6. The van der Waals surface area contributed by atoms with Crippen molar-refractivity contribution in [2.75, 3.05) is 18.0 Å². The maximum Gasteiger partial charge on any atom is 0.255 e. The number of halogens is 3. The van der Waals surface area contributed by atoms with Gasteiger partial charge in [0.2, 0.25) is 0 Å². The van der Waals surface area contributed by atoms with Crippen molar-refractivity contribution in [3.63, 3.8) is 0 Å². The summed E-state index contributed by atoms with van der Waals surface area (Å²) in [5.74, 6) is 1.51. The largest absolute Gasteiger partial charge is 0.356 e. The molecule has 0 radical (unpaired) electrons. The van der Waals surface area contributed by atoms with Gasteiger partial charge in [-0.3, -0.25) is 0 Å². The summed E-state index contributed by atoms with van der Waals surface area (Å²) in [6.45, 7) is 4.00. The summed E-state index contributed by atoms with van der Waals surface area (Å²) in [6, 6.07) is 4.27. The first-order valence-corrected chi connectivity index (χ1v) is 8.90. The molecule has 4 rings (SSSR count). The molecule has 1 aliphatic rings. The summed E-state index contributed by atoms with van der Waals surface area (Å²) in [7, 11) is 0. The third-order valence-electron chi connectivity index (χ3n) is 4.64. The number of piperidine rings is 1. The van der Waals surface area contributed by atoms with Crippen molar-refractivity contribution in [1.82, 2.24) is 19.6 Å². The van der Waals surface area contributed by atoms with Gasteiger partial charge in [-0.25, -0.2) is 4.39 Å². The van der Waals surface area contributed by atoms with E-state index in [9.17, 15) is 4.39 Å². The van der Waals surface area contributed by atoms with E-state index < -0.39 is 5.82 Å². The Hall–Kier alpha value is -1.92. The van der Waals surface area contributed by atoms with E-state index in [0.29, 0.717) is 22.8 Å². The number of fused-ring (bicyclic) bond motifs is 1. The lowest BCUT2D eigenvalue weighted by atomic mass is 9.98. The van der Waals surface area contributed by atoms with Gasteiger partial charge in [-0.1, -0.05) is 30.1 Å². The van der Waals surface area contributed by atoms with Gasteiger partial charge < -0.3 is 4.90 Å². The van der Waals surface area contributed by atoms with Crippen LogP contribution in [0.1, 0.15) is 19.8 Å². The lowest BCUT2D eigenvalue weighted by Crippen LogP contribution is -2.34. The molecule has 0 spiro atoms. The summed E-state index contributed by atoms with van der Waals surface area (Å²) in [5, 5.41) is 4.88. The van der Waals surface area contributed by atoms with Crippen molar-refractivity contribution in [1.29, 1.82) is 0 Å². The Kier molecular flexibility index (Phi) is 4.25. The zero-order chi connectivity index (χ0) is 17.6. The SMILES string of the molecule is CC1CCN(c2c(-c3ccc(F)cc3Cl)c(Cl)nc3ncnn23)CC1. The van der Waals surface area contributed by atoms with Gasteiger partial charge in [-0.15, -0.1) is 0 Å². The third-order valence-corrected chi connectivity index (χ3v) is 5.23. The van der Waals surface area contributed by atoms with Gasteiger partial charge in [0.25, 0.3) is 5.78 Å². The molecule has 1 aliphatic heterocycles. The Balaban J connectivity index is 1.96. The van der Waals surface area contributed by atoms with Crippen LogP contribution in [0.5, 0.6) is 0 Å². The Bertz CT molecular complexity index is 934. The molecule has 5 nitrogen and oxygen atoms in total. The van der Waals surface area contributed by atoms with E-state index in [4.69, 9.17) is 23.2 Å². The molecule has 0 N–H and O–H groups in total. The molecule has 130 valence electrons. The summed E-state index contributed by atoms with van der Waals surface area (Å²) in [6.07, 6.45) is 3.60. The van der Waals surface area contributed by atoms with E-state index >= 15 is 0 Å². The van der Waals surface area contributed by atoms with Crippen molar-refractivity contribution >= 4 is 34.8 Å². The van der Waals surface area contributed by atoms with Crippen LogP contribution in [0, 0.1) is 11.7 Å². The topological polar surface area (TPSA) is 46.3 Å². The van der Waals surface area contributed by atoms with Crippen molar-refractivity contribution < 1.29 is 4.39 Å². The van der Waals surface area contributed by atoms with Gasteiger partial charge in [0.15, 0.2) is 0 Å². The van der Waals surface area contributed by atoms with E-state index in [0.717, 1.165) is 31.7 Å².